The largest absolute Gasteiger partial charge is 0.372 e. The van der Waals surface area contributed by atoms with Gasteiger partial charge in [-0.2, -0.15) is 0 Å². The van der Waals surface area contributed by atoms with Crippen molar-refractivity contribution >= 4 is 29.0 Å². The number of rotatable bonds is 5. The van der Waals surface area contributed by atoms with Crippen molar-refractivity contribution < 1.29 is 4.79 Å². The summed E-state index contributed by atoms with van der Waals surface area (Å²) in [6, 6.07) is 6.20. The molecule has 7 nitrogen and oxygen atoms in total. The normalized spacial score (nSPS) is 14.6. The molecular weight excluding hydrogens is 360 g/mol. The summed E-state index contributed by atoms with van der Waals surface area (Å²) in [6.45, 7) is 10.3. The predicted octanol–water partition coefficient (Wildman–Crippen LogP) is 2.93. The van der Waals surface area contributed by atoms with Crippen molar-refractivity contribution in [1.29, 1.82) is 0 Å². The Bertz CT molecular complexity index is 820. The molecule has 3 N–H and O–H groups in total. The smallest absolute Gasteiger partial charge is 0.234 e. The molecule has 3 rings (SSSR count). The Morgan fingerprint density at radius 2 is 1.96 bits per heavy atom. The molecular formula is C19H28N6OS. The van der Waals surface area contributed by atoms with Gasteiger partial charge in [-0.25, -0.2) is 4.68 Å². The van der Waals surface area contributed by atoms with E-state index in [0.29, 0.717) is 11.0 Å². The van der Waals surface area contributed by atoms with Crippen LogP contribution in [0.15, 0.2) is 23.4 Å². The van der Waals surface area contributed by atoms with Crippen molar-refractivity contribution in [2.45, 2.75) is 51.1 Å². The van der Waals surface area contributed by atoms with Gasteiger partial charge in [0, 0.05) is 29.9 Å². The number of amides is 1. The van der Waals surface area contributed by atoms with Crippen LogP contribution in [0.5, 0.6) is 0 Å². The molecule has 0 unspecified atom stereocenters. The van der Waals surface area contributed by atoms with Gasteiger partial charge in [-0.3, -0.25) is 4.79 Å². The molecule has 0 radical (unpaired) electrons. The van der Waals surface area contributed by atoms with Crippen molar-refractivity contribution in [1.82, 2.24) is 14.9 Å². The van der Waals surface area contributed by atoms with Crippen molar-refractivity contribution in [2.24, 2.45) is 0 Å². The number of thioether (sulfide) groups is 1. The summed E-state index contributed by atoms with van der Waals surface area (Å²) in [5.74, 6) is 6.90. The maximum absolute atomic E-state index is 12.4. The molecule has 0 saturated carbocycles. The number of aryl methyl sites for hydroxylation is 1. The topological polar surface area (TPSA) is 89.1 Å². The van der Waals surface area contributed by atoms with E-state index in [1.54, 1.807) is 0 Å². The highest BCUT2D eigenvalue weighted by Crippen LogP contribution is 2.26. The van der Waals surface area contributed by atoms with Crippen LogP contribution in [0.4, 0.5) is 11.4 Å². The van der Waals surface area contributed by atoms with Gasteiger partial charge in [0.05, 0.1) is 5.75 Å². The standard InChI is InChI=1S/C19H28N6OS/c1-13-11-14(24-9-5-6-10-24)7-8-15(13)21-16(26)12-27-18-23-22-17(25(18)20)19(2,3)4/h7-8,11H,5-6,9-10,12,20H2,1-4H3,(H,21,26). The first-order valence-electron chi connectivity index (χ1n) is 9.25. The van der Waals surface area contributed by atoms with Crippen molar-refractivity contribution in [3.63, 3.8) is 0 Å². The number of carbonyl (C=O) groups excluding carboxylic acids is 1. The van der Waals surface area contributed by atoms with Crippen LogP contribution in [0.1, 0.15) is 45.0 Å². The first kappa shape index (κ1) is 19.5. The van der Waals surface area contributed by atoms with E-state index < -0.39 is 0 Å². The van der Waals surface area contributed by atoms with Gasteiger partial charge in [0.2, 0.25) is 11.1 Å². The monoisotopic (exact) mass is 388 g/mol. The summed E-state index contributed by atoms with van der Waals surface area (Å²) < 4.78 is 1.47. The quantitative estimate of drug-likeness (QED) is 0.605. The molecule has 8 heteroatoms. The number of nitrogen functional groups attached to an aromatic ring is 1. The third-order valence-corrected chi connectivity index (χ3v) is 5.57. The van der Waals surface area contributed by atoms with Crippen molar-refractivity contribution in [2.75, 3.05) is 34.9 Å². The lowest BCUT2D eigenvalue weighted by Gasteiger charge is -2.19. The third kappa shape index (κ3) is 4.55. The van der Waals surface area contributed by atoms with Crippen LogP contribution in [-0.2, 0) is 10.2 Å². The predicted molar refractivity (Wildman–Crippen MR) is 111 cm³/mol. The molecule has 1 aromatic heterocycles. The fraction of sp³-hybridized carbons (Fsp3) is 0.526. The first-order valence-corrected chi connectivity index (χ1v) is 10.2. The van der Waals surface area contributed by atoms with E-state index in [2.05, 4.69) is 32.5 Å². The van der Waals surface area contributed by atoms with Crippen LogP contribution in [0, 0.1) is 6.92 Å². The van der Waals surface area contributed by atoms with Gasteiger partial charge < -0.3 is 16.1 Å². The number of hydrogen-bond donors (Lipinski definition) is 2. The van der Waals surface area contributed by atoms with E-state index in [0.717, 1.165) is 24.3 Å². The van der Waals surface area contributed by atoms with Gasteiger partial charge in [0.1, 0.15) is 0 Å². The molecule has 0 spiro atoms. The Balaban J connectivity index is 1.59. The van der Waals surface area contributed by atoms with Crippen molar-refractivity contribution in [3.05, 3.63) is 29.6 Å². The number of carbonyl (C=O) groups is 1. The number of hydrogen-bond acceptors (Lipinski definition) is 6. The van der Waals surface area contributed by atoms with E-state index in [4.69, 9.17) is 5.84 Å². The molecule has 0 bridgehead atoms. The molecule has 1 aromatic carbocycles. The average molecular weight is 389 g/mol. The summed E-state index contributed by atoms with van der Waals surface area (Å²) in [5, 5.41) is 11.8. The minimum absolute atomic E-state index is 0.0858. The number of nitrogens with one attached hydrogen (secondary N) is 1. The van der Waals surface area contributed by atoms with E-state index in [1.807, 2.05) is 33.8 Å². The summed E-state index contributed by atoms with van der Waals surface area (Å²) >= 11 is 1.28. The summed E-state index contributed by atoms with van der Waals surface area (Å²) in [7, 11) is 0. The maximum Gasteiger partial charge on any atom is 0.234 e. The number of benzene rings is 1. The highest BCUT2D eigenvalue weighted by Gasteiger charge is 2.23. The Morgan fingerprint density at radius 1 is 1.26 bits per heavy atom. The van der Waals surface area contributed by atoms with Gasteiger partial charge in [0.25, 0.3) is 0 Å². The molecule has 1 amide bonds. The summed E-state index contributed by atoms with van der Waals surface area (Å²) in [5.41, 5.74) is 2.93. The Kier molecular flexibility index (Phi) is 5.64. The minimum Gasteiger partial charge on any atom is -0.372 e. The second kappa shape index (κ2) is 7.80. The van der Waals surface area contributed by atoms with Crippen LogP contribution < -0.4 is 16.1 Å². The van der Waals surface area contributed by atoms with Gasteiger partial charge in [-0.05, 0) is 43.5 Å². The van der Waals surface area contributed by atoms with Gasteiger partial charge in [-0.1, -0.05) is 32.5 Å². The molecule has 0 aliphatic carbocycles. The lowest BCUT2D eigenvalue weighted by atomic mass is 9.96. The average Bonchev–Trinajstić information content (AvgIpc) is 3.24. The Morgan fingerprint density at radius 3 is 2.56 bits per heavy atom. The maximum atomic E-state index is 12.4. The van der Waals surface area contributed by atoms with E-state index in [-0.39, 0.29) is 17.1 Å². The molecule has 146 valence electrons. The van der Waals surface area contributed by atoms with Crippen LogP contribution >= 0.6 is 11.8 Å². The van der Waals surface area contributed by atoms with E-state index in [9.17, 15) is 4.79 Å². The zero-order valence-corrected chi connectivity index (χ0v) is 17.3. The Labute approximate surface area is 164 Å². The SMILES string of the molecule is Cc1cc(N2CCCC2)ccc1NC(=O)CSc1nnc(C(C)(C)C)n1N. The van der Waals surface area contributed by atoms with Crippen LogP contribution in [0.25, 0.3) is 0 Å². The molecule has 27 heavy (non-hydrogen) atoms. The molecule has 2 heterocycles. The molecule has 1 saturated heterocycles. The Hall–Kier alpha value is -2.22. The van der Waals surface area contributed by atoms with E-state index >= 15 is 0 Å². The second-order valence-corrected chi connectivity index (χ2v) is 8.90. The molecule has 1 aliphatic rings. The van der Waals surface area contributed by atoms with E-state index in [1.165, 1.54) is 35.0 Å². The molecule has 1 fully saturated rings. The lowest BCUT2D eigenvalue weighted by molar-refractivity contribution is -0.113. The van der Waals surface area contributed by atoms with Crippen molar-refractivity contribution in [3.8, 4) is 0 Å². The minimum atomic E-state index is -0.197. The second-order valence-electron chi connectivity index (χ2n) is 7.96. The highest BCUT2D eigenvalue weighted by molar-refractivity contribution is 7.99. The summed E-state index contributed by atoms with van der Waals surface area (Å²) in [6.07, 6.45) is 2.49. The number of nitrogens with zero attached hydrogens (tertiary/aromatic N) is 4. The van der Waals surface area contributed by atoms with Gasteiger partial charge >= 0.3 is 0 Å². The highest BCUT2D eigenvalue weighted by atomic mass is 32.2. The number of anilines is 2. The zero-order valence-electron chi connectivity index (χ0n) is 16.5. The molecule has 0 atom stereocenters. The number of aromatic nitrogens is 3. The first-order chi connectivity index (χ1) is 12.8. The third-order valence-electron chi connectivity index (χ3n) is 4.62. The summed E-state index contributed by atoms with van der Waals surface area (Å²) in [4.78, 5) is 14.7. The van der Waals surface area contributed by atoms with Crippen LogP contribution in [0.3, 0.4) is 0 Å². The van der Waals surface area contributed by atoms with Crippen LogP contribution in [-0.4, -0.2) is 39.6 Å². The lowest BCUT2D eigenvalue weighted by Crippen LogP contribution is -2.24. The molecule has 2 aromatic rings. The van der Waals surface area contributed by atoms with Gasteiger partial charge in [-0.15, -0.1) is 10.2 Å². The molecule has 1 aliphatic heterocycles. The van der Waals surface area contributed by atoms with Gasteiger partial charge in [0.15, 0.2) is 5.82 Å². The fourth-order valence-corrected chi connectivity index (χ4v) is 3.82. The van der Waals surface area contributed by atoms with Crippen LogP contribution in [0.2, 0.25) is 0 Å². The zero-order chi connectivity index (χ0) is 19.6. The fourth-order valence-electron chi connectivity index (χ4n) is 3.16. The number of nitrogens with two attached hydrogens (primary N) is 1.